The van der Waals surface area contributed by atoms with E-state index in [0.717, 1.165) is 11.1 Å². The van der Waals surface area contributed by atoms with Crippen molar-refractivity contribution in [3.8, 4) is 6.01 Å². The highest BCUT2D eigenvalue weighted by molar-refractivity contribution is 5.37. The van der Waals surface area contributed by atoms with Gasteiger partial charge in [0.2, 0.25) is 11.9 Å². The number of rotatable bonds is 8. The number of H-pyrrole nitrogens is 1. The molecule has 0 unspecified atom stereocenters. The van der Waals surface area contributed by atoms with Gasteiger partial charge in [-0.05, 0) is 18.6 Å². The van der Waals surface area contributed by atoms with Crippen LogP contribution >= 0.6 is 0 Å². The maximum absolute atomic E-state index is 5.44. The molecule has 128 valence electrons. The van der Waals surface area contributed by atoms with E-state index < -0.39 is 0 Å². The smallest absolute Gasteiger partial charge is 0.323 e. The van der Waals surface area contributed by atoms with Gasteiger partial charge in [-0.3, -0.25) is 0 Å². The van der Waals surface area contributed by atoms with E-state index in [1.54, 1.807) is 0 Å². The van der Waals surface area contributed by atoms with Gasteiger partial charge in [-0.1, -0.05) is 30.3 Å². The predicted octanol–water partition coefficient (Wildman–Crippen LogP) is 2.31. The van der Waals surface area contributed by atoms with Crippen LogP contribution in [0.25, 0.3) is 0 Å². The van der Waals surface area contributed by atoms with Crippen LogP contribution in [0.5, 0.6) is 6.01 Å². The lowest BCUT2D eigenvalue weighted by Gasteiger charge is -2.10. The Bertz CT molecular complexity index is 720. The Kier molecular flexibility index (Phi) is 5.71. The van der Waals surface area contributed by atoms with E-state index in [2.05, 4.69) is 30.6 Å². The van der Waals surface area contributed by atoms with E-state index in [1.165, 1.54) is 0 Å². The maximum Gasteiger partial charge on any atom is 0.323 e. The molecule has 2 heterocycles. The van der Waals surface area contributed by atoms with Crippen LogP contribution in [0.1, 0.15) is 18.1 Å². The van der Waals surface area contributed by atoms with Crippen LogP contribution in [0, 0.1) is 0 Å². The molecule has 0 aliphatic rings. The summed E-state index contributed by atoms with van der Waals surface area (Å²) in [6.45, 7) is 3.62. The summed E-state index contributed by atoms with van der Waals surface area (Å²) in [7, 11) is 0. The molecule has 3 N–H and O–H groups in total. The fraction of sp³-hybridized carbons (Fsp3) is 0.222. The summed E-state index contributed by atoms with van der Waals surface area (Å²) in [5.74, 6) is 0.947. The number of anilines is 2. The largest absolute Gasteiger partial charge is 0.464 e. The topological polar surface area (TPSA) is 86.1 Å². The molecule has 25 heavy (non-hydrogen) atoms. The lowest BCUT2D eigenvalue weighted by atomic mass is 10.2. The van der Waals surface area contributed by atoms with Gasteiger partial charge in [0.25, 0.3) is 0 Å². The fourth-order valence-corrected chi connectivity index (χ4v) is 2.21. The number of nitrogens with zero attached hydrogens (tertiary/aromatic N) is 3. The molecular formula is C18H21N6O+. The molecule has 3 aromatic rings. The van der Waals surface area contributed by atoms with Gasteiger partial charge in [0.05, 0.1) is 6.61 Å². The molecule has 0 aliphatic heterocycles. The van der Waals surface area contributed by atoms with Gasteiger partial charge in [0.15, 0.2) is 12.4 Å². The third-order valence-electron chi connectivity index (χ3n) is 3.40. The number of aromatic nitrogens is 4. The minimum absolute atomic E-state index is 0.301. The first-order chi connectivity index (χ1) is 12.3. The van der Waals surface area contributed by atoms with Crippen molar-refractivity contribution in [2.75, 3.05) is 17.2 Å². The number of nitrogens with one attached hydrogen (secondary N) is 3. The molecule has 7 nitrogen and oxygen atoms in total. The zero-order valence-electron chi connectivity index (χ0n) is 14.1. The fourth-order valence-electron chi connectivity index (χ4n) is 2.21. The Labute approximate surface area is 146 Å². The number of hydrogen-bond acceptors (Lipinski definition) is 6. The average molecular weight is 337 g/mol. The molecule has 0 aliphatic carbocycles. The first-order valence-corrected chi connectivity index (χ1v) is 8.19. The molecule has 1 aromatic carbocycles. The summed E-state index contributed by atoms with van der Waals surface area (Å²) >= 11 is 0. The molecule has 0 amide bonds. The molecule has 0 atom stereocenters. The third kappa shape index (κ3) is 5.13. The molecular weight excluding hydrogens is 316 g/mol. The lowest BCUT2D eigenvalue weighted by Crippen LogP contribution is -2.12. The first-order valence-electron chi connectivity index (χ1n) is 8.19. The average Bonchev–Trinajstić information content (AvgIpc) is 2.67. The van der Waals surface area contributed by atoms with Crippen LogP contribution in [0.4, 0.5) is 11.9 Å². The van der Waals surface area contributed by atoms with E-state index in [0.29, 0.717) is 37.6 Å². The highest BCUT2D eigenvalue weighted by Crippen LogP contribution is 2.13. The summed E-state index contributed by atoms with van der Waals surface area (Å²) in [5, 5.41) is 6.41. The van der Waals surface area contributed by atoms with Crippen molar-refractivity contribution in [2.24, 2.45) is 0 Å². The third-order valence-corrected chi connectivity index (χ3v) is 3.40. The molecule has 0 saturated heterocycles. The Morgan fingerprint density at radius 1 is 0.880 bits per heavy atom. The number of benzene rings is 1. The maximum atomic E-state index is 5.44. The van der Waals surface area contributed by atoms with Crippen molar-refractivity contribution in [2.45, 2.75) is 20.0 Å². The first kappa shape index (κ1) is 16.6. The Balaban J connectivity index is 1.70. The Morgan fingerprint density at radius 2 is 1.56 bits per heavy atom. The van der Waals surface area contributed by atoms with E-state index in [-0.39, 0.29) is 0 Å². The number of hydrogen-bond donors (Lipinski definition) is 2. The van der Waals surface area contributed by atoms with Gasteiger partial charge in [-0.25, -0.2) is 4.98 Å². The van der Waals surface area contributed by atoms with Crippen molar-refractivity contribution in [1.82, 2.24) is 15.0 Å². The van der Waals surface area contributed by atoms with Crippen LogP contribution in [0.15, 0.2) is 54.9 Å². The van der Waals surface area contributed by atoms with Crippen molar-refractivity contribution < 1.29 is 9.72 Å². The number of pyridine rings is 1. The summed E-state index contributed by atoms with van der Waals surface area (Å²) in [6, 6.07) is 14.3. The lowest BCUT2D eigenvalue weighted by molar-refractivity contribution is -0.378. The van der Waals surface area contributed by atoms with Gasteiger partial charge in [0.1, 0.15) is 0 Å². The van der Waals surface area contributed by atoms with Crippen LogP contribution in [-0.4, -0.2) is 21.6 Å². The highest BCUT2D eigenvalue weighted by atomic mass is 16.5. The highest BCUT2D eigenvalue weighted by Gasteiger charge is 2.08. The molecule has 0 saturated carbocycles. The van der Waals surface area contributed by atoms with E-state index in [4.69, 9.17) is 4.74 Å². The van der Waals surface area contributed by atoms with E-state index in [1.807, 2.05) is 61.8 Å². The minimum Gasteiger partial charge on any atom is -0.464 e. The van der Waals surface area contributed by atoms with Crippen LogP contribution in [-0.2, 0) is 13.1 Å². The molecule has 0 fully saturated rings. The van der Waals surface area contributed by atoms with Crippen molar-refractivity contribution in [1.29, 1.82) is 0 Å². The molecule has 0 spiro atoms. The quantitative estimate of drug-likeness (QED) is 0.656. The van der Waals surface area contributed by atoms with Crippen molar-refractivity contribution in [3.05, 3.63) is 66.0 Å². The van der Waals surface area contributed by atoms with Gasteiger partial charge < -0.3 is 15.4 Å². The Hall–Kier alpha value is -3.22. The second-order valence-electron chi connectivity index (χ2n) is 5.30. The zero-order valence-corrected chi connectivity index (χ0v) is 14.1. The van der Waals surface area contributed by atoms with E-state index >= 15 is 0 Å². The minimum atomic E-state index is 0.301. The van der Waals surface area contributed by atoms with Crippen molar-refractivity contribution in [3.63, 3.8) is 0 Å². The van der Waals surface area contributed by atoms with Gasteiger partial charge >= 0.3 is 6.01 Å². The summed E-state index contributed by atoms with van der Waals surface area (Å²) in [4.78, 5) is 16.0. The summed E-state index contributed by atoms with van der Waals surface area (Å²) in [5.41, 5.74) is 2.25. The number of aromatic amines is 1. The van der Waals surface area contributed by atoms with Crippen LogP contribution < -0.4 is 20.4 Å². The van der Waals surface area contributed by atoms with E-state index in [9.17, 15) is 0 Å². The molecule has 0 radical (unpaired) electrons. The number of ether oxygens (including phenoxy) is 1. The van der Waals surface area contributed by atoms with Crippen LogP contribution in [0.2, 0.25) is 0 Å². The van der Waals surface area contributed by atoms with Gasteiger partial charge in [-0.2, -0.15) is 15.0 Å². The van der Waals surface area contributed by atoms with Gasteiger partial charge in [-0.15, -0.1) is 0 Å². The summed E-state index contributed by atoms with van der Waals surface area (Å²) in [6.07, 6.45) is 3.79. The van der Waals surface area contributed by atoms with Gasteiger partial charge in [0, 0.05) is 24.7 Å². The second kappa shape index (κ2) is 8.58. The normalized spacial score (nSPS) is 10.3. The molecule has 7 heteroatoms. The van der Waals surface area contributed by atoms with Crippen LogP contribution in [0.3, 0.4) is 0 Å². The predicted molar refractivity (Wildman–Crippen MR) is 95.1 cm³/mol. The summed E-state index contributed by atoms with van der Waals surface area (Å²) < 4.78 is 5.44. The molecule has 3 rings (SSSR count). The zero-order chi connectivity index (χ0) is 17.3. The standard InChI is InChI=1S/C18H20N6O/c1-2-25-18-23-16(20-12-14-7-4-3-5-8-14)22-17(24-18)21-13-15-9-6-10-19-11-15/h3-11H,2,12-13H2,1H3,(H2,20,21,22,23,24)/p+1. The molecule has 0 bridgehead atoms. The second-order valence-corrected chi connectivity index (χ2v) is 5.30. The SMILES string of the molecule is CCOc1nc(NCc2ccccc2)nc(NCc2ccc[nH+]c2)n1. The monoisotopic (exact) mass is 337 g/mol. The Morgan fingerprint density at radius 3 is 2.20 bits per heavy atom. The van der Waals surface area contributed by atoms with Crippen molar-refractivity contribution >= 4 is 11.9 Å². The molecule has 2 aromatic heterocycles.